The van der Waals surface area contributed by atoms with Gasteiger partial charge in [0.1, 0.15) is 5.01 Å². The Balaban J connectivity index is 1.92. The van der Waals surface area contributed by atoms with Crippen LogP contribution in [-0.4, -0.2) is 16.6 Å². The zero-order valence-electron chi connectivity index (χ0n) is 10.4. The molecule has 1 N–H and O–H groups in total. The number of hydrogen-bond acceptors (Lipinski definition) is 5. The summed E-state index contributed by atoms with van der Waals surface area (Å²) in [5.41, 5.74) is 4.29. The summed E-state index contributed by atoms with van der Waals surface area (Å²) in [5.74, 6) is -0.149. The van der Waals surface area contributed by atoms with E-state index in [-0.39, 0.29) is 12.3 Å². The molecule has 0 saturated heterocycles. The SMILES string of the molecule is C/C(=N/NC(=O)Cc1nc(C)cs1)c1ccc(Br)s1. The highest BCUT2D eigenvalue weighted by atomic mass is 79.9. The summed E-state index contributed by atoms with van der Waals surface area (Å²) >= 11 is 6.46. The summed E-state index contributed by atoms with van der Waals surface area (Å²) in [6, 6.07) is 3.92. The molecule has 2 rings (SSSR count). The predicted molar refractivity (Wildman–Crippen MR) is 82.9 cm³/mol. The van der Waals surface area contributed by atoms with E-state index in [4.69, 9.17) is 0 Å². The van der Waals surface area contributed by atoms with Crippen LogP contribution in [0.15, 0.2) is 26.4 Å². The van der Waals surface area contributed by atoms with Gasteiger partial charge in [0, 0.05) is 11.1 Å². The maximum atomic E-state index is 11.7. The van der Waals surface area contributed by atoms with Crippen molar-refractivity contribution in [1.82, 2.24) is 10.4 Å². The van der Waals surface area contributed by atoms with Gasteiger partial charge in [-0.1, -0.05) is 0 Å². The van der Waals surface area contributed by atoms with Crippen molar-refractivity contribution in [3.8, 4) is 0 Å². The molecule has 100 valence electrons. The van der Waals surface area contributed by atoms with Crippen LogP contribution in [0.5, 0.6) is 0 Å². The Bertz CT molecular complexity index is 618. The normalized spacial score (nSPS) is 11.6. The predicted octanol–water partition coefficient (Wildman–Crippen LogP) is 3.36. The molecule has 2 aromatic rings. The Morgan fingerprint density at radius 1 is 1.53 bits per heavy atom. The van der Waals surface area contributed by atoms with E-state index in [0.29, 0.717) is 0 Å². The first-order chi connectivity index (χ1) is 9.04. The van der Waals surface area contributed by atoms with Crippen molar-refractivity contribution >= 4 is 50.2 Å². The van der Waals surface area contributed by atoms with Gasteiger partial charge < -0.3 is 0 Å². The second-order valence-electron chi connectivity index (χ2n) is 3.90. The molecule has 2 heterocycles. The monoisotopic (exact) mass is 357 g/mol. The van der Waals surface area contributed by atoms with Crippen molar-refractivity contribution in [3.05, 3.63) is 36.9 Å². The molecule has 0 saturated carbocycles. The first-order valence-electron chi connectivity index (χ1n) is 5.54. The molecular formula is C12H12BrN3OS2. The Labute approximate surface area is 127 Å². The van der Waals surface area contributed by atoms with E-state index in [1.54, 1.807) is 11.3 Å². The third-order valence-corrected chi connectivity index (χ3v) is 4.96. The quantitative estimate of drug-likeness (QED) is 0.673. The molecule has 0 bridgehead atoms. The fraction of sp³-hybridized carbons (Fsp3) is 0.250. The number of aromatic nitrogens is 1. The largest absolute Gasteiger partial charge is 0.273 e. The number of nitrogens with zero attached hydrogens (tertiary/aromatic N) is 2. The van der Waals surface area contributed by atoms with Crippen molar-refractivity contribution in [3.63, 3.8) is 0 Å². The highest BCUT2D eigenvalue weighted by molar-refractivity contribution is 9.11. The van der Waals surface area contributed by atoms with Gasteiger partial charge in [-0.25, -0.2) is 10.4 Å². The van der Waals surface area contributed by atoms with Crippen molar-refractivity contribution in [2.75, 3.05) is 0 Å². The molecule has 19 heavy (non-hydrogen) atoms. The lowest BCUT2D eigenvalue weighted by Crippen LogP contribution is -2.21. The van der Waals surface area contributed by atoms with Gasteiger partial charge in [-0.05, 0) is 41.9 Å². The summed E-state index contributed by atoms with van der Waals surface area (Å²) in [5, 5.41) is 6.83. The number of thiazole rings is 1. The van der Waals surface area contributed by atoms with Crippen LogP contribution >= 0.6 is 38.6 Å². The average molecular weight is 358 g/mol. The average Bonchev–Trinajstić information content (AvgIpc) is 2.95. The first kappa shape index (κ1) is 14.4. The minimum absolute atomic E-state index is 0.149. The summed E-state index contributed by atoms with van der Waals surface area (Å²) in [7, 11) is 0. The summed E-state index contributed by atoms with van der Waals surface area (Å²) in [4.78, 5) is 17.0. The number of halogens is 1. The van der Waals surface area contributed by atoms with Crippen LogP contribution in [0.3, 0.4) is 0 Å². The van der Waals surface area contributed by atoms with E-state index >= 15 is 0 Å². The summed E-state index contributed by atoms with van der Waals surface area (Å²) in [6.07, 6.45) is 0.267. The number of rotatable bonds is 4. The van der Waals surface area contributed by atoms with Gasteiger partial charge in [0.15, 0.2) is 0 Å². The van der Waals surface area contributed by atoms with Crippen LogP contribution in [0, 0.1) is 6.92 Å². The highest BCUT2D eigenvalue weighted by Gasteiger charge is 2.07. The van der Waals surface area contributed by atoms with Crippen LogP contribution in [0.25, 0.3) is 0 Å². The molecule has 7 heteroatoms. The number of carbonyl (C=O) groups is 1. The number of carbonyl (C=O) groups excluding carboxylic acids is 1. The molecule has 1 amide bonds. The molecule has 0 aliphatic carbocycles. The van der Waals surface area contributed by atoms with Crippen LogP contribution in [0.4, 0.5) is 0 Å². The maximum absolute atomic E-state index is 11.7. The van der Waals surface area contributed by atoms with Crippen LogP contribution < -0.4 is 5.43 Å². The third kappa shape index (κ3) is 4.22. The number of amides is 1. The summed E-state index contributed by atoms with van der Waals surface area (Å²) in [6.45, 7) is 3.78. The van der Waals surface area contributed by atoms with Gasteiger partial charge in [0.05, 0.1) is 20.8 Å². The number of hydrazone groups is 1. The molecule has 4 nitrogen and oxygen atoms in total. The topological polar surface area (TPSA) is 54.4 Å². The lowest BCUT2D eigenvalue weighted by atomic mass is 10.3. The lowest BCUT2D eigenvalue weighted by Gasteiger charge is -1.99. The molecule has 0 aliphatic heterocycles. The van der Waals surface area contributed by atoms with Gasteiger partial charge in [-0.3, -0.25) is 4.79 Å². The molecule has 0 radical (unpaired) electrons. The Morgan fingerprint density at radius 3 is 2.89 bits per heavy atom. The maximum Gasteiger partial charge on any atom is 0.246 e. The molecular weight excluding hydrogens is 346 g/mol. The van der Waals surface area contributed by atoms with E-state index in [1.165, 1.54) is 11.3 Å². The van der Waals surface area contributed by atoms with E-state index in [9.17, 15) is 4.79 Å². The molecule has 0 atom stereocenters. The second kappa shape index (κ2) is 6.40. The fourth-order valence-corrected chi connectivity index (χ4v) is 3.47. The van der Waals surface area contributed by atoms with Crippen molar-refractivity contribution in [2.24, 2.45) is 5.10 Å². The zero-order valence-corrected chi connectivity index (χ0v) is 13.7. The standard InChI is InChI=1S/C12H12BrN3OS2/c1-7-6-18-12(14-7)5-11(17)16-15-8(2)9-3-4-10(13)19-9/h3-4,6H,5H2,1-2H3,(H,16,17)/b15-8-. The third-order valence-electron chi connectivity index (χ3n) is 2.26. The smallest absolute Gasteiger partial charge is 0.246 e. The Kier molecular flexibility index (Phi) is 4.84. The summed E-state index contributed by atoms with van der Waals surface area (Å²) < 4.78 is 1.04. The van der Waals surface area contributed by atoms with Crippen LogP contribution in [-0.2, 0) is 11.2 Å². The molecule has 0 fully saturated rings. The Morgan fingerprint density at radius 2 is 2.32 bits per heavy atom. The second-order valence-corrected chi connectivity index (χ2v) is 7.30. The van der Waals surface area contributed by atoms with E-state index in [1.807, 2.05) is 31.4 Å². The van der Waals surface area contributed by atoms with Crippen molar-refractivity contribution in [2.45, 2.75) is 20.3 Å². The number of hydrogen-bond donors (Lipinski definition) is 1. The highest BCUT2D eigenvalue weighted by Crippen LogP contribution is 2.22. The zero-order chi connectivity index (χ0) is 13.8. The Hall–Kier alpha value is -1.05. The minimum atomic E-state index is -0.149. The fourth-order valence-electron chi connectivity index (χ4n) is 1.37. The first-order valence-corrected chi connectivity index (χ1v) is 8.03. The molecule has 0 unspecified atom stereocenters. The minimum Gasteiger partial charge on any atom is -0.273 e. The van der Waals surface area contributed by atoms with Gasteiger partial charge in [0.2, 0.25) is 5.91 Å². The van der Waals surface area contributed by atoms with Crippen LogP contribution in [0.1, 0.15) is 22.5 Å². The van der Waals surface area contributed by atoms with Crippen LogP contribution in [0.2, 0.25) is 0 Å². The van der Waals surface area contributed by atoms with Gasteiger partial charge in [0.25, 0.3) is 0 Å². The van der Waals surface area contributed by atoms with Gasteiger partial charge in [-0.15, -0.1) is 22.7 Å². The van der Waals surface area contributed by atoms with Crippen molar-refractivity contribution < 1.29 is 4.79 Å². The molecule has 0 spiro atoms. The molecule has 0 aliphatic rings. The molecule has 2 aromatic heterocycles. The van der Waals surface area contributed by atoms with Gasteiger partial charge in [-0.2, -0.15) is 5.10 Å². The van der Waals surface area contributed by atoms with E-state index in [2.05, 4.69) is 31.4 Å². The van der Waals surface area contributed by atoms with Gasteiger partial charge >= 0.3 is 0 Å². The van der Waals surface area contributed by atoms with Crippen molar-refractivity contribution in [1.29, 1.82) is 0 Å². The lowest BCUT2D eigenvalue weighted by molar-refractivity contribution is -0.120. The number of aryl methyl sites for hydroxylation is 1. The van der Waals surface area contributed by atoms with E-state index in [0.717, 1.165) is 25.1 Å². The number of nitrogens with one attached hydrogen (secondary N) is 1. The number of thiophene rings is 1. The van der Waals surface area contributed by atoms with E-state index < -0.39 is 0 Å². The molecule has 0 aromatic carbocycles.